The van der Waals surface area contributed by atoms with Crippen molar-refractivity contribution in [2.75, 3.05) is 18.6 Å². The molecule has 0 aliphatic rings. The van der Waals surface area contributed by atoms with E-state index in [2.05, 4.69) is 12.2 Å². The van der Waals surface area contributed by atoms with E-state index in [-0.39, 0.29) is 0 Å². The van der Waals surface area contributed by atoms with Gasteiger partial charge in [-0.1, -0.05) is 19.8 Å². The lowest BCUT2D eigenvalue weighted by molar-refractivity contribution is -0.138. The third-order valence-electron chi connectivity index (χ3n) is 1.82. The summed E-state index contributed by atoms with van der Waals surface area (Å²) in [6.45, 7) is 2.16. The fourth-order valence-electron chi connectivity index (χ4n) is 0.933. The second kappa shape index (κ2) is 8.38. The van der Waals surface area contributed by atoms with E-state index in [0.717, 1.165) is 5.75 Å². The number of hydrogen-bond donors (Lipinski definition) is 2. The van der Waals surface area contributed by atoms with E-state index >= 15 is 0 Å². The lowest BCUT2D eigenvalue weighted by atomic mass is 10.3. The average molecular weight is 205 g/mol. The van der Waals surface area contributed by atoms with Gasteiger partial charge in [0.25, 0.3) is 0 Å². The Balaban J connectivity index is 3.33. The van der Waals surface area contributed by atoms with Gasteiger partial charge in [-0.3, -0.25) is 4.79 Å². The Kier molecular flexibility index (Phi) is 8.24. The number of carbonyl (C=O) groups is 1. The molecule has 0 rings (SSSR count). The van der Waals surface area contributed by atoms with Crippen LogP contribution in [0.4, 0.5) is 0 Å². The van der Waals surface area contributed by atoms with Gasteiger partial charge in [-0.25, -0.2) is 0 Å². The maximum Gasteiger partial charge on any atom is 0.321 e. The van der Waals surface area contributed by atoms with E-state index in [9.17, 15) is 4.79 Å². The molecule has 0 aliphatic heterocycles. The molecule has 0 aromatic rings. The average Bonchev–Trinajstić information content (AvgIpc) is 2.10. The van der Waals surface area contributed by atoms with Crippen LogP contribution in [0.15, 0.2) is 0 Å². The van der Waals surface area contributed by atoms with Gasteiger partial charge in [0, 0.05) is 5.75 Å². The number of thioether (sulfide) groups is 1. The van der Waals surface area contributed by atoms with Crippen LogP contribution in [0.25, 0.3) is 0 Å². The van der Waals surface area contributed by atoms with Crippen molar-refractivity contribution in [1.29, 1.82) is 0 Å². The highest BCUT2D eigenvalue weighted by molar-refractivity contribution is 7.99. The number of carboxylic acids is 1. The lowest BCUT2D eigenvalue weighted by Gasteiger charge is -2.09. The molecule has 0 heterocycles. The third-order valence-corrected chi connectivity index (χ3v) is 2.97. The Morgan fingerprint density at radius 1 is 1.54 bits per heavy atom. The van der Waals surface area contributed by atoms with Gasteiger partial charge in [-0.2, -0.15) is 11.8 Å². The molecule has 0 fully saturated rings. The first kappa shape index (κ1) is 12.8. The minimum atomic E-state index is -0.759. The van der Waals surface area contributed by atoms with Crippen LogP contribution in [0.1, 0.15) is 26.2 Å². The quantitative estimate of drug-likeness (QED) is 0.591. The zero-order chi connectivity index (χ0) is 10.1. The molecule has 3 nitrogen and oxygen atoms in total. The predicted octanol–water partition coefficient (Wildman–Crippen LogP) is 1.58. The van der Waals surface area contributed by atoms with Gasteiger partial charge in [0.05, 0.1) is 0 Å². The molecule has 78 valence electrons. The van der Waals surface area contributed by atoms with Crippen molar-refractivity contribution in [3.8, 4) is 0 Å². The van der Waals surface area contributed by atoms with Crippen LogP contribution in [0.2, 0.25) is 0 Å². The number of carboxylic acid groups (broad SMARTS) is 1. The normalized spacial score (nSPS) is 12.8. The summed E-state index contributed by atoms with van der Waals surface area (Å²) in [7, 11) is 1.69. The van der Waals surface area contributed by atoms with Crippen molar-refractivity contribution in [3.05, 3.63) is 0 Å². The first-order valence-corrected chi connectivity index (χ1v) is 5.85. The van der Waals surface area contributed by atoms with Crippen LogP contribution >= 0.6 is 11.8 Å². The summed E-state index contributed by atoms with van der Waals surface area (Å²) in [5.74, 6) is 0.972. The molecule has 0 aromatic heterocycles. The number of unbranched alkanes of at least 4 members (excludes halogenated alkanes) is 2. The maximum atomic E-state index is 10.6. The molecule has 0 aliphatic carbocycles. The van der Waals surface area contributed by atoms with Crippen molar-refractivity contribution >= 4 is 17.7 Å². The Morgan fingerprint density at radius 3 is 2.69 bits per heavy atom. The molecule has 0 radical (unpaired) electrons. The summed E-state index contributed by atoms with van der Waals surface area (Å²) in [6, 6.07) is -0.397. The lowest BCUT2D eigenvalue weighted by Crippen LogP contribution is -2.36. The summed E-state index contributed by atoms with van der Waals surface area (Å²) in [5, 5.41) is 11.5. The number of rotatable bonds is 8. The van der Waals surface area contributed by atoms with Crippen LogP contribution in [-0.4, -0.2) is 35.7 Å². The molecular formula is C9H19NO2S. The Bertz CT molecular complexity index is 142. The van der Waals surface area contributed by atoms with Crippen LogP contribution in [0, 0.1) is 0 Å². The van der Waals surface area contributed by atoms with E-state index < -0.39 is 12.0 Å². The molecular weight excluding hydrogens is 186 g/mol. The largest absolute Gasteiger partial charge is 0.480 e. The minimum absolute atomic E-state index is 0.397. The summed E-state index contributed by atoms with van der Waals surface area (Å²) < 4.78 is 0. The molecule has 4 heteroatoms. The standard InChI is InChI=1S/C9H19NO2S/c1-3-4-5-6-13-7-8(10-2)9(11)12/h8,10H,3-7H2,1-2H3,(H,11,12). The van der Waals surface area contributed by atoms with Crippen molar-refractivity contribution in [2.45, 2.75) is 32.2 Å². The molecule has 0 aromatic carbocycles. The number of likely N-dealkylation sites (N-methyl/N-ethyl adjacent to an activating group) is 1. The fraction of sp³-hybridized carbons (Fsp3) is 0.889. The van der Waals surface area contributed by atoms with E-state index in [0.29, 0.717) is 5.75 Å². The van der Waals surface area contributed by atoms with Crippen LogP contribution in [0.3, 0.4) is 0 Å². The van der Waals surface area contributed by atoms with Gasteiger partial charge in [0.2, 0.25) is 0 Å². The monoisotopic (exact) mass is 205 g/mol. The molecule has 0 saturated carbocycles. The second-order valence-electron chi connectivity index (χ2n) is 2.96. The summed E-state index contributed by atoms with van der Waals surface area (Å²) >= 11 is 1.71. The van der Waals surface area contributed by atoms with Crippen molar-refractivity contribution in [2.24, 2.45) is 0 Å². The smallest absolute Gasteiger partial charge is 0.321 e. The molecule has 1 unspecified atom stereocenters. The van der Waals surface area contributed by atoms with Gasteiger partial charge in [-0.15, -0.1) is 0 Å². The van der Waals surface area contributed by atoms with Gasteiger partial charge in [-0.05, 0) is 19.2 Å². The number of hydrogen-bond acceptors (Lipinski definition) is 3. The number of aliphatic carboxylic acids is 1. The van der Waals surface area contributed by atoms with Crippen molar-refractivity contribution < 1.29 is 9.90 Å². The third kappa shape index (κ3) is 6.90. The van der Waals surface area contributed by atoms with E-state index in [4.69, 9.17) is 5.11 Å². The zero-order valence-electron chi connectivity index (χ0n) is 8.38. The van der Waals surface area contributed by atoms with Gasteiger partial charge in [0.1, 0.15) is 6.04 Å². The highest BCUT2D eigenvalue weighted by Gasteiger charge is 2.13. The summed E-state index contributed by atoms with van der Waals surface area (Å²) in [6.07, 6.45) is 3.65. The Morgan fingerprint density at radius 2 is 2.23 bits per heavy atom. The molecule has 13 heavy (non-hydrogen) atoms. The second-order valence-corrected chi connectivity index (χ2v) is 4.11. The van der Waals surface area contributed by atoms with Crippen LogP contribution in [0.5, 0.6) is 0 Å². The van der Waals surface area contributed by atoms with E-state index in [1.165, 1.54) is 19.3 Å². The first-order chi connectivity index (χ1) is 6.22. The molecule has 0 amide bonds. The van der Waals surface area contributed by atoms with Crippen molar-refractivity contribution in [3.63, 3.8) is 0 Å². The predicted molar refractivity (Wildman–Crippen MR) is 57.3 cm³/mol. The Hall–Kier alpha value is -0.220. The zero-order valence-corrected chi connectivity index (χ0v) is 9.19. The topological polar surface area (TPSA) is 49.3 Å². The van der Waals surface area contributed by atoms with E-state index in [1.807, 2.05) is 0 Å². The Labute approximate surface area is 84.3 Å². The molecule has 0 bridgehead atoms. The van der Waals surface area contributed by atoms with Crippen LogP contribution < -0.4 is 5.32 Å². The molecule has 0 saturated heterocycles. The highest BCUT2D eigenvalue weighted by Crippen LogP contribution is 2.07. The van der Waals surface area contributed by atoms with Gasteiger partial charge < -0.3 is 10.4 Å². The van der Waals surface area contributed by atoms with E-state index in [1.54, 1.807) is 18.8 Å². The SMILES string of the molecule is CCCCCSCC(NC)C(=O)O. The summed E-state index contributed by atoms with van der Waals surface area (Å²) in [4.78, 5) is 10.6. The molecule has 0 spiro atoms. The highest BCUT2D eigenvalue weighted by atomic mass is 32.2. The molecule has 2 N–H and O–H groups in total. The van der Waals surface area contributed by atoms with Crippen molar-refractivity contribution in [1.82, 2.24) is 5.32 Å². The molecule has 1 atom stereocenters. The van der Waals surface area contributed by atoms with Gasteiger partial charge >= 0.3 is 5.97 Å². The minimum Gasteiger partial charge on any atom is -0.480 e. The maximum absolute atomic E-state index is 10.6. The number of nitrogens with one attached hydrogen (secondary N) is 1. The van der Waals surface area contributed by atoms with Crippen LogP contribution in [-0.2, 0) is 4.79 Å². The van der Waals surface area contributed by atoms with Gasteiger partial charge in [0.15, 0.2) is 0 Å². The fourth-order valence-corrected chi connectivity index (χ4v) is 2.05. The first-order valence-electron chi connectivity index (χ1n) is 4.70. The summed E-state index contributed by atoms with van der Waals surface area (Å²) in [5.41, 5.74) is 0.